The molecule has 1 aromatic carbocycles. The standard InChI is InChI=1S/C12H8BrCl3S/c13-12-10(16)6-11(17-12)9(15)5-7-1-3-8(14)4-2-7/h1-4,6,9H,5H2. The fourth-order valence-corrected chi connectivity index (χ4v) is 3.67. The van der Waals surface area contributed by atoms with Crippen molar-refractivity contribution in [3.8, 4) is 0 Å². The summed E-state index contributed by atoms with van der Waals surface area (Å²) in [6.45, 7) is 0. The number of halogens is 4. The summed E-state index contributed by atoms with van der Waals surface area (Å²) in [6.07, 6.45) is 0.766. The molecule has 0 aliphatic carbocycles. The van der Waals surface area contributed by atoms with Gasteiger partial charge in [0.05, 0.1) is 14.2 Å². The van der Waals surface area contributed by atoms with E-state index in [1.54, 1.807) is 11.3 Å². The lowest BCUT2D eigenvalue weighted by molar-refractivity contribution is 0.940. The normalized spacial score (nSPS) is 12.7. The molecule has 0 spiro atoms. The van der Waals surface area contributed by atoms with Crippen molar-refractivity contribution in [2.75, 3.05) is 0 Å². The minimum atomic E-state index is -0.0648. The Morgan fingerprint density at radius 2 is 1.82 bits per heavy atom. The van der Waals surface area contributed by atoms with Crippen molar-refractivity contribution in [1.29, 1.82) is 0 Å². The lowest BCUT2D eigenvalue weighted by atomic mass is 10.1. The van der Waals surface area contributed by atoms with Gasteiger partial charge in [-0.15, -0.1) is 22.9 Å². The minimum absolute atomic E-state index is 0.0648. The molecule has 0 saturated heterocycles. The average molecular weight is 371 g/mol. The molecular weight excluding hydrogens is 362 g/mol. The van der Waals surface area contributed by atoms with Crippen LogP contribution in [-0.2, 0) is 6.42 Å². The first-order chi connectivity index (χ1) is 8.06. The van der Waals surface area contributed by atoms with Crippen molar-refractivity contribution < 1.29 is 0 Å². The van der Waals surface area contributed by atoms with Gasteiger partial charge in [0.2, 0.25) is 0 Å². The highest BCUT2D eigenvalue weighted by Gasteiger charge is 2.14. The second-order valence-corrected chi connectivity index (χ2v) is 7.34. The highest BCUT2D eigenvalue weighted by atomic mass is 79.9. The molecule has 1 unspecified atom stereocenters. The van der Waals surface area contributed by atoms with E-state index in [0.29, 0.717) is 5.02 Å². The van der Waals surface area contributed by atoms with Crippen LogP contribution in [0.1, 0.15) is 15.8 Å². The third-order valence-electron chi connectivity index (χ3n) is 2.30. The Bertz CT molecular complexity index is 487. The van der Waals surface area contributed by atoms with E-state index in [1.807, 2.05) is 30.3 Å². The molecule has 0 amide bonds. The zero-order valence-corrected chi connectivity index (χ0v) is 13.3. The summed E-state index contributed by atoms with van der Waals surface area (Å²) in [5, 5.41) is 1.39. The first kappa shape index (κ1) is 13.7. The van der Waals surface area contributed by atoms with E-state index in [0.717, 1.165) is 25.7 Å². The quantitative estimate of drug-likeness (QED) is 0.553. The highest BCUT2D eigenvalue weighted by molar-refractivity contribution is 9.11. The molecule has 0 radical (unpaired) electrons. The summed E-state index contributed by atoms with van der Waals surface area (Å²) in [5.41, 5.74) is 1.16. The first-order valence-corrected chi connectivity index (χ1v) is 7.69. The van der Waals surface area contributed by atoms with E-state index < -0.39 is 0 Å². The zero-order chi connectivity index (χ0) is 12.4. The number of rotatable bonds is 3. The largest absolute Gasteiger partial charge is 0.130 e. The van der Waals surface area contributed by atoms with Gasteiger partial charge in [0.25, 0.3) is 0 Å². The Balaban J connectivity index is 2.11. The van der Waals surface area contributed by atoms with Crippen molar-refractivity contribution >= 4 is 62.1 Å². The monoisotopic (exact) mass is 368 g/mol. The maximum absolute atomic E-state index is 6.36. The first-order valence-electron chi connectivity index (χ1n) is 4.89. The lowest BCUT2D eigenvalue weighted by Crippen LogP contribution is -1.92. The molecule has 2 rings (SSSR count). The number of benzene rings is 1. The topological polar surface area (TPSA) is 0 Å². The van der Waals surface area contributed by atoms with Gasteiger partial charge in [0.15, 0.2) is 0 Å². The molecule has 0 N–H and O–H groups in total. The van der Waals surface area contributed by atoms with Crippen LogP contribution in [0.5, 0.6) is 0 Å². The van der Waals surface area contributed by atoms with Gasteiger partial charge < -0.3 is 0 Å². The van der Waals surface area contributed by atoms with Crippen molar-refractivity contribution in [3.05, 3.63) is 54.6 Å². The molecule has 1 heterocycles. The second-order valence-electron chi connectivity index (χ2n) is 3.57. The number of hydrogen-bond donors (Lipinski definition) is 0. The summed E-state index contributed by atoms with van der Waals surface area (Å²) < 4.78 is 0.927. The second kappa shape index (κ2) is 5.94. The van der Waals surface area contributed by atoms with Crippen LogP contribution in [0, 0.1) is 0 Å². The molecule has 0 fully saturated rings. The molecule has 2 aromatic rings. The Kier molecular flexibility index (Phi) is 4.79. The van der Waals surface area contributed by atoms with Crippen LogP contribution in [0.3, 0.4) is 0 Å². The van der Waals surface area contributed by atoms with Gasteiger partial charge in [-0.25, -0.2) is 0 Å². The molecule has 5 heteroatoms. The summed E-state index contributed by atoms with van der Waals surface area (Å²) >= 11 is 23.1. The van der Waals surface area contributed by atoms with Crippen LogP contribution in [-0.4, -0.2) is 0 Å². The summed E-state index contributed by atoms with van der Waals surface area (Å²) in [5.74, 6) is 0. The van der Waals surface area contributed by atoms with Gasteiger partial charge in [-0.2, -0.15) is 0 Å². The number of alkyl halides is 1. The summed E-state index contributed by atoms with van der Waals surface area (Å²) in [7, 11) is 0. The number of thiophene rings is 1. The highest BCUT2D eigenvalue weighted by Crippen LogP contribution is 2.38. The van der Waals surface area contributed by atoms with Crippen LogP contribution in [0.25, 0.3) is 0 Å². The summed E-state index contributed by atoms with van der Waals surface area (Å²) in [4.78, 5) is 1.07. The van der Waals surface area contributed by atoms with E-state index in [4.69, 9.17) is 34.8 Å². The fraction of sp³-hybridized carbons (Fsp3) is 0.167. The fourth-order valence-electron chi connectivity index (χ4n) is 1.45. The van der Waals surface area contributed by atoms with Crippen molar-refractivity contribution in [2.45, 2.75) is 11.8 Å². The molecule has 0 aliphatic rings. The maximum atomic E-state index is 6.36. The molecule has 0 aliphatic heterocycles. The third kappa shape index (κ3) is 3.62. The Hall–Kier alpha value is 0.270. The SMILES string of the molecule is Clc1ccc(CC(Cl)c2cc(Cl)c(Br)s2)cc1. The van der Waals surface area contributed by atoms with Crippen LogP contribution in [0.4, 0.5) is 0 Å². The smallest absolute Gasteiger partial charge is 0.0887 e. The van der Waals surface area contributed by atoms with E-state index in [-0.39, 0.29) is 5.38 Å². The zero-order valence-electron chi connectivity index (χ0n) is 8.59. The van der Waals surface area contributed by atoms with Gasteiger partial charge in [-0.05, 0) is 46.1 Å². The van der Waals surface area contributed by atoms with Gasteiger partial charge in [0.1, 0.15) is 0 Å². The lowest BCUT2D eigenvalue weighted by Gasteiger charge is -2.07. The predicted molar refractivity (Wildman–Crippen MR) is 80.8 cm³/mol. The van der Waals surface area contributed by atoms with Crippen molar-refractivity contribution in [3.63, 3.8) is 0 Å². The maximum Gasteiger partial charge on any atom is 0.0887 e. The molecule has 17 heavy (non-hydrogen) atoms. The van der Waals surface area contributed by atoms with Crippen LogP contribution in [0.2, 0.25) is 10.0 Å². The Morgan fingerprint density at radius 3 is 2.35 bits per heavy atom. The Morgan fingerprint density at radius 1 is 1.18 bits per heavy atom. The molecule has 1 atom stereocenters. The molecule has 0 saturated carbocycles. The molecule has 90 valence electrons. The van der Waals surface area contributed by atoms with Crippen molar-refractivity contribution in [1.82, 2.24) is 0 Å². The van der Waals surface area contributed by atoms with Crippen LogP contribution < -0.4 is 0 Å². The van der Waals surface area contributed by atoms with Crippen LogP contribution >= 0.6 is 62.1 Å². The van der Waals surface area contributed by atoms with Gasteiger partial charge >= 0.3 is 0 Å². The molecular formula is C12H8BrCl3S. The van der Waals surface area contributed by atoms with Crippen LogP contribution in [0.15, 0.2) is 34.1 Å². The van der Waals surface area contributed by atoms with E-state index >= 15 is 0 Å². The average Bonchev–Trinajstić information content (AvgIpc) is 2.63. The predicted octanol–water partition coefficient (Wildman–Crippen LogP) is 6.34. The van der Waals surface area contributed by atoms with E-state index in [1.165, 1.54) is 0 Å². The Labute approximate surface area is 128 Å². The van der Waals surface area contributed by atoms with Gasteiger partial charge in [-0.3, -0.25) is 0 Å². The van der Waals surface area contributed by atoms with Gasteiger partial charge in [-0.1, -0.05) is 35.3 Å². The molecule has 0 bridgehead atoms. The van der Waals surface area contributed by atoms with E-state index in [2.05, 4.69) is 15.9 Å². The third-order valence-corrected chi connectivity index (χ3v) is 5.66. The summed E-state index contributed by atoms with van der Waals surface area (Å²) in [6, 6.07) is 9.63. The molecule has 0 nitrogen and oxygen atoms in total. The van der Waals surface area contributed by atoms with Crippen molar-refractivity contribution in [2.24, 2.45) is 0 Å². The van der Waals surface area contributed by atoms with Gasteiger partial charge in [0, 0.05) is 9.90 Å². The minimum Gasteiger partial charge on any atom is -0.130 e. The van der Waals surface area contributed by atoms with E-state index in [9.17, 15) is 0 Å². The number of hydrogen-bond acceptors (Lipinski definition) is 1. The molecule has 1 aromatic heterocycles.